The molecule has 3 amide bonds. The van der Waals surface area contributed by atoms with Gasteiger partial charge in [0.05, 0.1) is 0 Å². The number of carbonyl (C=O) groups is 3. The van der Waals surface area contributed by atoms with Crippen LogP contribution in [0.25, 0.3) is 0 Å². The van der Waals surface area contributed by atoms with E-state index in [1.165, 1.54) is 0 Å². The summed E-state index contributed by atoms with van der Waals surface area (Å²) in [4.78, 5) is 35.3. The van der Waals surface area contributed by atoms with Crippen LogP contribution in [0.15, 0.2) is 0 Å². The number of hydrogen-bond acceptors (Lipinski definition) is 4. The highest BCUT2D eigenvalue weighted by atomic mass is 19.2. The lowest BCUT2D eigenvalue weighted by Crippen LogP contribution is -2.62. The van der Waals surface area contributed by atoms with Gasteiger partial charge >= 0.3 is 6.09 Å². The summed E-state index contributed by atoms with van der Waals surface area (Å²) in [5.41, 5.74) is -2.53. The molecule has 0 unspecified atom stereocenters. The summed E-state index contributed by atoms with van der Waals surface area (Å²) in [6.45, 7) is 5.04. The average molecular weight is 321 g/mol. The van der Waals surface area contributed by atoms with Crippen molar-refractivity contribution < 1.29 is 28.1 Å². The van der Waals surface area contributed by atoms with E-state index in [0.29, 0.717) is 0 Å². The first-order valence-corrected chi connectivity index (χ1v) is 6.76. The van der Waals surface area contributed by atoms with Gasteiger partial charge in [-0.15, -0.1) is 0 Å². The van der Waals surface area contributed by atoms with Gasteiger partial charge in [-0.1, -0.05) is 8.96 Å². The smallest absolute Gasteiger partial charge is 0.407 e. The van der Waals surface area contributed by atoms with Crippen molar-refractivity contribution in [2.24, 2.45) is 5.41 Å². The van der Waals surface area contributed by atoms with Crippen molar-refractivity contribution >= 4 is 17.9 Å². The van der Waals surface area contributed by atoms with Crippen molar-refractivity contribution in [2.45, 2.75) is 45.3 Å². The predicted octanol–water partition coefficient (Wildman–Crippen LogP) is 1.35. The zero-order valence-corrected chi connectivity index (χ0v) is 13.3. The first kappa shape index (κ1) is 18.1. The molecule has 1 rings (SSSR count). The fraction of sp³-hybridized carbons (Fsp3) is 0.769. The van der Waals surface area contributed by atoms with Gasteiger partial charge in [-0.25, -0.2) is 4.79 Å². The molecular weight excluding hydrogens is 300 g/mol. The Morgan fingerprint density at radius 1 is 1.09 bits per heavy atom. The molecule has 0 radical (unpaired) electrons. The molecule has 0 atom stereocenters. The standard InChI is InChI=1S/C13H21F2N3O4/c1-12(2,3)22-11(21)16-8-6-13(7-8,9(19)17(4)14)10(20)18(5)15/h8H,6-7H2,1-5H3,(H,16,21). The second-order valence-electron chi connectivity index (χ2n) is 6.40. The van der Waals surface area contributed by atoms with Crippen molar-refractivity contribution in [3.63, 3.8) is 0 Å². The maximum atomic E-state index is 13.1. The minimum absolute atomic E-state index is 0.188. The van der Waals surface area contributed by atoms with E-state index < -0.39 is 35.0 Å². The third-order valence-corrected chi connectivity index (χ3v) is 3.29. The molecular formula is C13H21F2N3O4. The van der Waals surface area contributed by atoms with E-state index in [-0.39, 0.29) is 23.1 Å². The molecule has 0 aliphatic heterocycles. The number of ether oxygens (including phenoxy) is 1. The van der Waals surface area contributed by atoms with Crippen LogP contribution in [0, 0.1) is 5.41 Å². The molecule has 0 aromatic carbocycles. The summed E-state index contributed by atoms with van der Waals surface area (Å²) in [5, 5.41) is 1.98. The molecule has 0 aromatic heterocycles. The van der Waals surface area contributed by atoms with Gasteiger partial charge in [0.25, 0.3) is 11.8 Å². The minimum Gasteiger partial charge on any atom is -0.444 e. The van der Waals surface area contributed by atoms with Crippen LogP contribution in [0.1, 0.15) is 33.6 Å². The van der Waals surface area contributed by atoms with Crippen LogP contribution in [-0.4, -0.2) is 53.9 Å². The van der Waals surface area contributed by atoms with Crippen LogP contribution in [-0.2, 0) is 14.3 Å². The lowest BCUT2D eigenvalue weighted by molar-refractivity contribution is -0.179. The highest BCUT2D eigenvalue weighted by Crippen LogP contribution is 2.44. The highest BCUT2D eigenvalue weighted by molar-refractivity contribution is 6.05. The molecule has 0 bridgehead atoms. The van der Waals surface area contributed by atoms with Gasteiger partial charge in [0.15, 0.2) is 0 Å². The molecule has 9 heteroatoms. The van der Waals surface area contributed by atoms with E-state index in [9.17, 15) is 23.3 Å². The second kappa shape index (κ2) is 6.05. The Hall–Kier alpha value is -1.93. The highest BCUT2D eigenvalue weighted by Gasteiger charge is 2.59. The molecule has 126 valence electrons. The Kier molecular flexibility index (Phi) is 4.99. The molecule has 0 heterocycles. The van der Waals surface area contributed by atoms with Crippen molar-refractivity contribution in [2.75, 3.05) is 14.1 Å². The SMILES string of the molecule is CN(F)C(=O)C1(C(=O)N(C)F)CC(NC(=O)OC(C)(C)C)C1. The summed E-state index contributed by atoms with van der Waals surface area (Å²) in [7, 11) is 1.68. The van der Waals surface area contributed by atoms with Gasteiger partial charge in [-0.3, -0.25) is 9.59 Å². The van der Waals surface area contributed by atoms with Crippen LogP contribution in [0.5, 0.6) is 0 Å². The molecule has 22 heavy (non-hydrogen) atoms. The lowest BCUT2D eigenvalue weighted by atomic mass is 9.64. The molecule has 1 N–H and O–H groups in total. The number of carbonyl (C=O) groups excluding carboxylic acids is 3. The van der Waals surface area contributed by atoms with Gasteiger partial charge in [-0.2, -0.15) is 10.2 Å². The van der Waals surface area contributed by atoms with E-state index in [4.69, 9.17) is 4.74 Å². The average Bonchev–Trinajstić information content (AvgIpc) is 2.28. The summed E-state index contributed by atoms with van der Waals surface area (Å²) < 4.78 is 31.3. The largest absolute Gasteiger partial charge is 0.444 e. The number of hydrogen-bond donors (Lipinski definition) is 1. The van der Waals surface area contributed by atoms with Gasteiger partial charge < -0.3 is 10.1 Å². The molecule has 1 aliphatic carbocycles. The van der Waals surface area contributed by atoms with Crippen LogP contribution in [0.3, 0.4) is 0 Å². The maximum Gasteiger partial charge on any atom is 0.407 e. The third kappa shape index (κ3) is 3.83. The Morgan fingerprint density at radius 3 is 1.82 bits per heavy atom. The summed E-state index contributed by atoms with van der Waals surface area (Å²) in [6.07, 6.45) is -1.09. The first-order chi connectivity index (χ1) is 9.89. The van der Waals surface area contributed by atoms with E-state index in [0.717, 1.165) is 14.1 Å². The van der Waals surface area contributed by atoms with Crippen molar-refractivity contribution in [1.29, 1.82) is 0 Å². The second-order valence-corrected chi connectivity index (χ2v) is 6.40. The molecule has 1 fully saturated rings. The summed E-state index contributed by atoms with van der Waals surface area (Å²) >= 11 is 0. The number of halogens is 2. The topological polar surface area (TPSA) is 79.0 Å². The number of rotatable bonds is 3. The lowest BCUT2D eigenvalue weighted by Gasteiger charge is -2.45. The maximum absolute atomic E-state index is 13.1. The Morgan fingerprint density at radius 2 is 1.50 bits per heavy atom. The minimum atomic E-state index is -1.83. The normalized spacial score (nSPS) is 17.2. The molecule has 7 nitrogen and oxygen atoms in total. The summed E-state index contributed by atoms with van der Waals surface area (Å²) in [5.74, 6) is -2.27. The van der Waals surface area contributed by atoms with E-state index >= 15 is 0 Å². The van der Waals surface area contributed by atoms with Crippen LogP contribution in [0.4, 0.5) is 13.8 Å². The van der Waals surface area contributed by atoms with Gasteiger partial charge in [0, 0.05) is 20.1 Å². The Bertz CT molecular complexity index is 446. The zero-order valence-electron chi connectivity index (χ0n) is 13.3. The number of nitrogens with one attached hydrogen (secondary N) is 1. The number of alkyl carbamates (subject to hydrolysis) is 1. The monoisotopic (exact) mass is 321 g/mol. The molecule has 0 saturated heterocycles. The van der Waals surface area contributed by atoms with Crippen LogP contribution >= 0.6 is 0 Å². The number of amides is 3. The zero-order chi connectivity index (χ0) is 17.3. The predicted molar refractivity (Wildman–Crippen MR) is 72.6 cm³/mol. The van der Waals surface area contributed by atoms with Crippen molar-refractivity contribution in [3.05, 3.63) is 0 Å². The quantitative estimate of drug-likeness (QED) is 0.628. The van der Waals surface area contributed by atoms with E-state index in [1.807, 2.05) is 0 Å². The van der Waals surface area contributed by atoms with Crippen LogP contribution < -0.4 is 5.32 Å². The fourth-order valence-corrected chi connectivity index (χ4v) is 2.39. The van der Waals surface area contributed by atoms with Crippen molar-refractivity contribution in [3.8, 4) is 0 Å². The Labute approximate surface area is 127 Å². The molecule has 1 aliphatic rings. The van der Waals surface area contributed by atoms with Gasteiger partial charge in [0.2, 0.25) is 0 Å². The van der Waals surface area contributed by atoms with Gasteiger partial charge in [0.1, 0.15) is 11.0 Å². The molecule has 0 spiro atoms. The van der Waals surface area contributed by atoms with Crippen LogP contribution in [0.2, 0.25) is 0 Å². The number of nitrogens with zero attached hydrogens (tertiary/aromatic N) is 2. The Balaban J connectivity index is 2.74. The fourth-order valence-electron chi connectivity index (χ4n) is 2.39. The van der Waals surface area contributed by atoms with Crippen molar-refractivity contribution in [1.82, 2.24) is 15.6 Å². The van der Waals surface area contributed by atoms with E-state index in [1.54, 1.807) is 20.8 Å². The van der Waals surface area contributed by atoms with E-state index in [2.05, 4.69) is 5.32 Å². The molecule has 0 aromatic rings. The third-order valence-electron chi connectivity index (χ3n) is 3.29. The summed E-state index contributed by atoms with van der Waals surface area (Å²) in [6, 6.07) is -0.567. The molecule has 1 saturated carbocycles. The van der Waals surface area contributed by atoms with Gasteiger partial charge in [-0.05, 0) is 33.6 Å². The first-order valence-electron chi connectivity index (χ1n) is 6.76.